The van der Waals surface area contributed by atoms with Gasteiger partial charge in [0.15, 0.2) is 5.96 Å². The Balaban J connectivity index is 0.00000364. The van der Waals surface area contributed by atoms with Crippen LogP contribution >= 0.6 is 24.0 Å². The van der Waals surface area contributed by atoms with E-state index >= 15 is 0 Å². The number of amides is 1. The highest BCUT2D eigenvalue weighted by Crippen LogP contribution is 2.06. The first-order valence-electron chi connectivity index (χ1n) is 8.50. The van der Waals surface area contributed by atoms with E-state index in [1.165, 1.54) is 12.1 Å². The number of hydrogen-bond donors (Lipinski definition) is 2. The van der Waals surface area contributed by atoms with Crippen LogP contribution in [0.25, 0.3) is 0 Å². The number of hydrogen-bond acceptors (Lipinski definition) is 2. The van der Waals surface area contributed by atoms with E-state index < -0.39 is 0 Å². The third kappa shape index (κ3) is 7.54. The normalized spacial score (nSPS) is 10.7. The molecule has 0 unspecified atom stereocenters. The summed E-state index contributed by atoms with van der Waals surface area (Å²) in [6, 6.07) is 13.9. The molecule has 0 spiro atoms. The Labute approximate surface area is 177 Å². The predicted octanol–water partition coefficient (Wildman–Crippen LogP) is 3.19. The van der Waals surface area contributed by atoms with E-state index in [9.17, 15) is 9.18 Å². The van der Waals surface area contributed by atoms with Crippen LogP contribution in [0.2, 0.25) is 0 Å². The summed E-state index contributed by atoms with van der Waals surface area (Å²) in [6.45, 7) is 3.60. The van der Waals surface area contributed by atoms with E-state index in [2.05, 4.69) is 15.6 Å². The standard InChI is InChI=1S/C20H25FN4O.HI/c1-15-5-4-6-17(13-15)19(26)23-11-12-24-20(22-2)25(3)14-16-7-9-18(21)10-8-16;/h4-10,13H,11-12,14H2,1-3H3,(H,22,24)(H,23,26);1H. The zero-order chi connectivity index (χ0) is 18.9. The molecule has 0 fully saturated rings. The minimum atomic E-state index is -0.247. The number of benzene rings is 2. The number of carbonyl (C=O) groups is 1. The second-order valence-corrected chi connectivity index (χ2v) is 6.08. The van der Waals surface area contributed by atoms with Crippen molar-refractivity contribution in [2.24, 2.45) is 4.99 Å². The van der Waals surface area contributed by atoms with Crippen LogP contribution in [0, 0.1) is 12.7 Å². The van der Waals surface area contributed by atoms with Gasteiger partial charge in [0.25, 0.3) is 5.91 Å². The molecule has 0 saturated carbocycles. The van der Waals surface area contributed by atoms with Gasteiger partial charge in [-0.2, -0.15) is 0 Å². The molecule has 2 aromatic carbocycles. The summed E-state index contributed by atoms with van der Waals surface area (Å²) in [5.41, 5.74) is 2.70. The minimum Gasteiger partial charge on any atom is -0.354 e. The van der Waals surface area contributed by atoms with Crippen molar-refractivity contribution in [3.8, 4) is 0 Å². The Morgan fingerprint density at radius 3 is 2.41 bits per heavy atom. The first-order chi connectivity index (χ1) is 12.5. The summed E-state index contributed by atoms with van der Waals surface area (Å²) in [6.07, 6.45) is 0. The molecule has 0 bridgehead atoms. The van der Waals surface area contributed by atoms with Crippen molar-refractivity contribution >= 4 is 35.8 Å². The van der Waals surface area contributed by atoms with E-state index in [1.54, 1.807) is 25.2 Å². The SMILES string of the molecule is CN=C(NCCNC(=O)c1cccc(C)c1)N(C)Cc1ccc(F)cc1.I. The van der Waals surface area contributed by atoms with Crippen LogP contribution in [0.15, 0.2) is 53.5 Å². The van der Waals surface area contributed by atoms with Gasteiger partial charge in [0, 0.05) is 39.3 Å². The summed E-state index contributed by atoms with van der Waals surface area (Å²) in [5.74, 6) is 0.368. The number of nitrogens with one attached hydrogen (secondary N) is 2. The molecule has 146 valence electrons. The molecule has 0 heterocycles. The molecular weight excluding hydrogens is 458 g/mol. The Bertz CT molecular complexity index is 765. The average Bonchev–Trinajstić information content (AvgIpc) is 2.63. The van der Waals surface area contributed by atoms with Crippen LogP contribution in [0.1, 0.15) is 21.5 Å². The van der Waals surface area contributed by atoms with Gasteiger partial charge in [-0.3, -0.25) is 9.79 Å². The second kappa shape index (κ2) is 11.5. The van der Waals surface area contributed by atoms with Crippen molar-refractivity contribution in [2.75, 3.05) is 27.2 Å². The lowest BCUT2D eigenvalue weighted by atomic mass is 10.1. The highest BCUT2D eigenvalue weighted by Gasteiger charge is 2.08. The summed E-state index contributed by atoms with van der Waals surface area (Å²) in [7, 11) is 3.61. The molecule has 0 aliphatic rings. The van der Waals surface area contributed by atoms with Crippen LogP contribution in [0.5, 0.6) is 0 Å². The number of carbonyl (C=O) groups excluding carboxylic acids is 1. The van der Waals surface area contributed by atoms with Crippen molar-refractivity contribution in [3.05, 3.63) is 71.0 Å². The Morgan fingerprint density at radius 1 is 1.11 bits per heavy atom. The predicted molar refractivity (Wildman–Crippen MR) is 118 cm³/mol. The Morgan fingerprint density at radius 2 is 1.78 bits per heavy atom. The molecule has 2 N–H and O–H groups in total. The summed E-state index contributed by atoms with van der Waals surface area (Å²) >= 11 is 0. The number of halogens is 2. The molecule has 0 atom stereocenters. The van der Waals surface area contributed by atoms with E-state index in [1.807, 2.05) is 37.1 Å². The number of guanidine groups is 1. The monoisotopic (exact) mass is 484 g/mol. The molecule has 0 saturated heterocycles. The molecule has 0 radical (unpaired) electrons. The third-order valence-corrected chi connectivity index (χ3v) is 3.88. The Hall–Kier alpha value is -2.16. The maximum absolute atomic E-state index is 13.0. The van der Waals surface area contributed by atoms with Gasteiger partial charge in [-0.1, -0.05) is 29.8 Å². The maximum atomic E-state index is 13.0. The lowest BCUT2D eigenvalue weighted by Gasteiger charge is -2.22. The van der Waals surface area contributed by atoms with Gasteiger partial charge in [0.05, 0.1) is 0 Å². The average molecular weight is 484 g/mol. The zero-order valence-corrected chi connectivity index (χ0v) is 18.2. The number of nitrogens with zero attached hydrogens (tertiary/aromatic N) is 2. The zero-order valence-electron chi connectivity index (χ0n) is 15.8. The first kappa shape index (κ1) is 22.9. The second-order valence-electron chi connectivity index (χ2n) is 6.08. The van der Waals surface area contributed by atoms with Gasteiger partial charge in [-0.15, -0.1) is 24.0 Å². The molecule has 5 nitrogen and oxygen atoms in total. The largest absolute Gasteiger partial charge is 0.354 e. The van der Waals surface area contributed by atoms with Crippen LogP contribution in [-0.2, 0) is 6.54 Å². The van der Waals surface area contributed by atoms with Crippen molar-refractivity contribution in [2.45, 2.75) is 13.5 Å². The van der Waals surface area contributed by atoms with E-state index in [0.29, 0.717) is 31.2 Å². The topological polar surface area (TPSA) is 56.7 Å². The number of aryl methyl sites for hydroxylation is 1. The van der Waals surface area contributed by atoms with Crippen LogP contribution < -0.4 is 10.6 Å². The van der Waals surface area contributed by atoms with Gasteiger partial charge in [-0.05, 0) is 36.8 Å². The van der Waals surface area contributed by atoms with Gasteiger partial charge in [0.2, 0.25) is 0 Å². The number of aliphatic imine (C=N–C) groups is 1. The molecule has 7 heteroatoms. The first-order valence-corrected chi connectivity index (χ1v) is 8.50. The maximum Gasteiger partial charge on any atom is 0.251 e. The molecule has 0 aromatic heterocycles. The fourth-order valence-corrected chi connectivity index (χ4v) is 2.56. The smallest absolute Gasteiger partial charge is 0.251 e. The lowest BCUT2D eigenvalue weighted by molar-refractivity contribution is 0.0954. The number of rotatable bonds is 6. The minimum absolute atomic E-state index is 0. The van der Waals surface area contributed by atoms with Crippen LogP contribution in [0.4, 0.5) is 4.39 Å². The van der Waals surface area contributed by atoms with Gasteiger partial charge < -0.3 is 15.5 Å². The van der Waals surface area contributed by atoms with E-state index in [4.69, 9.17) is 0 Å². The molecule has 2 rings (SSSR count). The van der Waals surface area contributed by atoms with E-state index in [-0.39, 0.29) is 35.7 Å². The van der Waals surface area contributed by atoms with Gasteiger partial charge in [0.1, 0.15) is 5.82 Å². The van der Waals surface area contributed by atoms with Crippen molar-refractivity contribution < 1.29 is 9.18 Å². The molecule has 27 heavy (non-hydrogen) atoms. The fraction of sp³-hybridized carbons (Fsp3) is 0.300. The molecule has 0 aliphatic carbocycles. The van der Waals surface area contributed by atoms with Crippen molar-refractivity contribution in [3.63, 3.8) is 0 Å². The summed E-state index contributed by atoms with van der Waals surface area (Å²) in [5, 5.41) is 6.09. The van der Waals surface area contributed by atoms with Crippen molar-refractivity contribution in [1.29, 1.82) is 0 Å². The molecule has 1 amide bonds. The van der Waals surface area contributed by atoms with Crippen LogP contribution in [-0.4, -0.2) is 44.0 Å². The lowest BCUT2D eigenvalue weighted by Crippen LogP contribution is -2.42. The van der Waals surface area contributed by atoms with E-state index in [0.717, 1.165) is 11.1 Å². The Kier molecular flexibility index (Phi) is 9.77. The third-order valence-electron chi connectivity index (χ3n) is 3.88. The summed E-state index contributed by atoms with van der Waals surface area (Å²) in [4.78, 5) is 18.3. The van der Waals surface area contributed by atoms with Gasteiger partial charge in [-0.25, -0.2) is 4.39 Å². The highest BCUT2D eigenvalue weighted by atomic mass is 127. The van der Waals surface area contributed by atoms with Gasteiger partial charge >= 0.3 is 0 Å². The quantitative estimate of drug-likeness (QED) is 0.287. The van der Waals surface area contributed by atoms with Crippen molar-refractivity contribution in [1.82, 2.24) is 15.5 Å². The van der Waals surface area contributed by atoms with Crippen LogP contribution in [0.3, 0.4) is 0 Å². The summed E-state index contributed by atoms with van der Waals surface area (Å²) < 4.78 is 13.0. The molecule has 0 aliphatic heterocycles. The molecular formula is C20H26FIN4O. The highest BCUT2D eigenvalue weighted by molar-refractivity contribution is 14.0. The fourth-order valence-electron chi connectivity index (χ4n) is 2.56. The molecule has 2 aromatic rings.